The maximum Gasteiger partial charge on any atom is 0.441 e. The standard InChI is InChI=1S/C17H15ClF3N3O3/c1-10-6-5-9-13(22-10)23-16(15(26)27-2,17(19,20)21)24-14(25)11-7-3-4-8-12(11)18/h3-9H,1-2H3,(H,22,23)(H,24,25). The Labute approximate surface area is 157 Å². The van der Waals surface area contributed by atoms with E-state index in [4.69, 9.17) is 11.6 Å². The predicted molar refractivity (Wildman–Crippen MR) is 92.3 cm³/mol. The Balaban J connectivity index is 2.52. The summed E-state index contributed by atoms with van der Waals surface area (Å²) < 4.78 is 46.1. The van der Waals surface area contributed by atoms with Gasteiger partial charge in [-0.15, -0.1) is 0 Å². The van der Waals surface area contributed by atoms with Crippen LogP contribution in [0.2, 0.25) is 5.02 Å². The molecule has 1 aromatic heterocycles. The highest BCUT2D eigenvalue weighted by atomic mass is 35.5. The normalized spacial score (nSPS) is 13.4. The molecule has 6 nitrogen and oxygen atoms in total. The van der Waals surface area contributed by atoms with Crippen molar-refractivity contribution in [3.05, 3.63) is 58.7 Å². The number of carbonyl (C=O) groups is 2. The topological polar surface area (TPSA) is 80.3 Å². The van der Waals surface area contributed by atoms with Crippen molar-refractivity contribution in [3.63, 3.8) is 0 Å². The monoisotopic (exact) mass is 401 g/mol. The van der Waals surface area contributed by atoms with E-state index in [1.807, 2.05) is 5.32 Å². The van der Waals surface area contributed by atoms with E-state index in [-0.39, 0.29) is 16.4 Å². The number of nitrogens with zero attached hydrogens (tertiary/aromatic N) is 1. The lowest BCUT2D eigenvalue weighted by molar-refractivity contribution is -0.203. The van der Waals surface area contributed by atoms with Crippen LogP contribution in [0.1, 0.15) is 16.1 Å². The molecule has 1 unspecified atom stereocenters. The highest BCUT2D eigenvalue weighted by molar-refractivity contribution is 6.33. The summed E-state index contributed by atoms with van der Waals surface area (Å²) in [5.41, 5.74) is -3.41. The van der Waals surface area contributed by atoms with Crippen LogP contribution in [0.4, 0.5) is 19.0 Å². The van der Waals surface area contributed by atoms with Gasteiger partial charge in [-0.25, -0.2) is 9.78 Å². The third kappa shape index (κ3) is 4.30. The Morgan fingerprint density at radius 2 is 1.78 bits per heavy atom. The average Bonchev–Trinajstić information content (AvgIpc) is 2.59. The van der Waals surface area contributed by atoms with Crippen molar-refractivity contribution >= 4 is 29.3 Å². The lowest BCUT2D eigenvalue weighted by Crippen LogP contribution is -2.69. The first kappa shape index (κ1) is 20.5. The van der Waals surface area contributed by atoms with Crippen LogP contribution in [0.5, 0.6) is 0 Å². The first-order valence-electron chi connectivity index (χ1n) is 7.55. The average molecular weight is 402 g/mol. The maximum atomic E-state index is 13.9. The van der Waals surface area contributed by atoms with Gasteiger partial charge in [-0.3, -0.25) is 4.79 Å². The Morgan fingerprint density at radius 1 is 1.11 bits per heavy atom. The van der Waals surface area contributed by atoms with Crippen LogP contribution in [0, 0.1) is 6.92 Å². The molecule has 2 N–H and O–H groups in total. The van der Waals surface area contributed by atoms with Gasteiger partial charge in [0.1, 0.15) is 5.82 Å². The highest BCUT2D eigenvalue weighted by Gasteiger charge is 2.63. The van der Waals surface area contributed by atoms with Crippen LogP contribution in [-0.2, 0) is 9.53 Å². The fraction of sp³-hybridized carbons (Fsp3) is 0.235. The predicted octanol–water partition coefficient (Wildman–Crippen LogP) is 3.32. The van der Waals surface area contributed by atoms with E-state index in [9.17, 15) is 22.8 Å². The number of carbonyl (C=O) groups excluding carboxylic acids is 2. The van der Waals surface area contributed by atoms with E-state index in [2.05, 4.69) is 9.72 Å². The maximum absolute atomic E-state index is 13.9. The second kappa shape index (κ2) is 7.83. The first-order valence-corrected chi connectivity index (χ1v) is 7.92. The quantitative estimate of drug-likeness (QED) is 0.593. The van der Waals surface area contributed by atoms with Gasteiger partial charge in [0.25, 0.3) is 5.91 Å². The number of benzene rings is 1. The van der Waals surface area contributed by atoms with Gasteiger partial charge in [-0.2, -0.15) is 13.2 Å². The van der Waals surface area contributed by atoms with Crippen molar-refractivity contribution in [3.8, 4) is 0 Å². The molecule has 0 aliphatic carbocycles. The molecule has 0 aliphatic rings. The Bertz CT molecular complexity index is 861. The molecule has 10 heteroatoms. The van der Waals surface area contributed by atoms with Crippen molar-refractivity contribution in [1.82, 2.24) is 10.3 Å². The zero-order chi connectivity index (χ0) is 20.2. The summed E-state index contributed by atoms with van der Waals surface area (Å²) >= 11 is 5.87. The van der Waals surface area contributed by atoms with E-state index in [0.29, 0.717) is 5.69 Å². The number of methoxy groups -OCH3 is 1. The van der Waals surface area contributed by atoms with Crippen LogP contribution in [0.25, 0.3) is 0 Å². The fourth-order valence-corrected chi connectivity index (χ4v) is 2.45. The number of alkyl halides is 3. The molecule has 0 radical (unpaired) electrons. The van der Waals surface area contributed by atoms with Gasteiger partial charge in [0.15, 0.2) is 0 Å². The lowest BCUT2D eigenvalue weighted by atomic mass is 10.1. The van der Waals surface area contributed by atoms with Gasteiger partial charge in [-0.05, 0) is 31.2 Å². The van der Waals surface area contributed by atoms with Gasteiger partial charge in [-0.1, -0.05) is 29.8 Å². The minimum atomic E-state index is -5.26. The van der Waals surface area contributed by atoms with Crippen molar-refractivity contribution in [1.29, 1.82) is 0 Å². The molecular formula is C17H15ClF3N3O3. The van der Waals surface area contributed by atoms with Crippen molar-refractivity contribution in [2.75, 3.05) is 12.4 Å². The minimum absolute atomic E-state index is 0.0791. The second-order valence-corrected chi connectivity index (χ2v) is 5.87. The molecule has 1 heterocycles. The van der Waals surface area contributed by atoms with E-state index in [1.54, 1.807) is 18.3 Å². The van der Waals surface area contributed by atoms with E-state index < -0.39 is 23.7 Å². The van der Waals surface area contributed by atoms with Gasteiger partial charge in [0, 0.05) is 5.69 Å². The summed E-state index contributed by atoms with van der Waals surface area (Å²) in [5, 5.41) is 3.55. The molecule has 0 bridgehead atoms. The smallest absolute Gasteiger partial charge is 0.441 e. The molecule has 0 saturated carbocycles. The van der Waals surface area contributed by atoms with Crippen LogP contribution in [-0.4, -0.2) is 35.8 Å². The summed E-state index contributed by atoms with van der Waals surface area (Å²) in [5.74, 6) is -3.26. The first-order chi connectivity index (χ1) is 12.6. The number of halogens is 4. The largest absolute Gasteiger partial charge is 0.466 e. The molecule has 2 aromatic rings. The number of anilines is 1. The van der Waals surface area contributed by atoms with Gasteiger partial charge in [0.05, 0.1) is 17.7 Å². The van der Waals surface area contributed by atoms with Crippen LogP contribution in [0.15, 0.2) is 42.5 Å². The lowest BCUT2D eigenvalue weighted by Gasteiger charge is -2.34. The minimum Gasteiger partial charge on any atom is -0.466 e. The number of pyridine rings is 1. The molecule has 0 saturated heterocycles. The zero-order valence-electron chi connectivity index (χ0n) is 14.2. The molecule has 1 amide bonds. The van der Waals surface area contributed by atoms with Crippen LogP contribution < -0.4 is 10.6 Å². The molecule has 2 rings (SSSR count). The SMILES string of the molecule is COC(=O)C(NC(=O)c1ccccc1Cl)(Nc1cccc(C)n1)C(F)(F)F. The van der Waals surface area contributed by atoms with E-state index in [1.165, 1.54) is 36.4 Å². The molecular weight excluding hydrogens is 387 g/mol. The van der Waals surface area contributed by atoms with Gasteiger partial charge >= 0.3 is 17.8 Å². The third-order valence-corrected chi connectivity index (χ3v) is 3.87. The molecule has 144 valence electrons. The van der Waals surface area contributed by atoms with Gasteiger partial charge in [0.2, 0.25) is 0 Å². The second-order valence-electron chi connectivity index (χ2n) is 5.46. The molecule has 0 fully saturated rings. The Kier molecular flexibility index (Phi) is 5.94. The molecule has 1 atom stereocenters. The third-order valence-electron chi connectivity index (χ3n) is 3.54. The number of amides is 1. The number of rotatable bonds is 5. The van der Waals surface area contributed by atoms with Crippen LogP contribution >= 0.6 is 11.6 Å². The highest BCUT2D eigenvalue weighted by Crippen LogP contribution is 2.33. The number of aryl methyl sites for hydroxylation is 1. The summed E-state index contributed by atoms with van der Waals surface area (Å²) in [6.07, 6.45) is -5.26. The van der Waals surface area contributed by atoms with Gasteiger partial charge < -0.3 is 15.4 Å². The molecule has 1 aromatic carbocycles. The molecule has 0 aliphatic heterocycles. The Hall–Kier alpha value is -2.81. The van der Waals surface area contributed by atoms with E-state index in [0.717, 1.165) is 7.11 Å². The summed E-state index contributed by atoms with van der Waals surface area (Å²) in [6, 6.07) is 9.70. The van der Waals surface area contributed by atoms with Crippen LogP contribution in [0.3, 0.4) is 0 Å². The number of hydrogen-bond acceptors (Lipinski definition) is 5. The van der Waals surface area contributed by atoms with Crippen molar-refractivity contribution < 1.29 is 27.5 Å². The van der Waals surface area contributed by atoms with Crippen molar-refractivity contribution in [2.45, 2.75) is 18.8 Å². The summed E-state index contributed by atoms with van der Waals surface area (Å²) in [7, 11) is 0.774. The van der Waals surface area contributed by atoms with E-state index >= 15 is 0 Å². The number of aromatic nitrogens is 1. The van der Waals surface area contributed by atoms with Crippen molar-refractivity contribution in [2.24, 2.45) is 0 Å². The number of nitrogens with one attached hydrogen (secondary N) is 2. The Morgan fingerprint density at radius 3 is 2.33 bits per heavy atom. The molecule has 0 spiro atoms. The fourth-order valence-electron chi connectivity index (χ4n) is 2.23. The number of hydrogen-bond donors (Lipinski definition) is 2. The number of ether oxygens (including phenoxy) is 1. The zero-order valence-corrected chi connectivity index (χ0v) is 15.0. The summed E-state index contributed by atoms with van der Waals surface area (Å²) in [6.45, 7) is 1.56. The summed E-state index contributed by atoms with van der Waals surface area (Å²) in [4.78, 5) is 28.5. The number of esters is 1. The molecule has 27 heavy (non-hydrogen) atoms.